The topological polar surface area (TPSA) is 67.6 Å². The molecule has 0 aliphatic heterocycles. The zero-order valence-corrected chi connectivity index (χ0v) is 6.56. The van der Waals surface area contributed by atoms with Crippen molar-refractivity contribution in [1.82, 2.24) is 15.2 Å². The number of H-pyrrole nitrogens is 1. The predicted octanol–water partition coefficient (Wildman–Crippen LogP) is 0.636. The van der Waals surface area contributed by atoms with Crippen molar-refractivity contribution >= 4 is 12.4 Å². The summed E-state index contributed by atoms with van der Waals surface area (Å²) in [6.07, 6.45) is 2.35. The molecule has 10 heavy (non-hydrogen) atoms. The second-order valence-electron chi connectivity index (χ2n) is 1.89. The highest BCUT2D eigenvalue weighted by Crippen LogP contribution is 2.04. The molecule has 5 heteroatoms. The van der Waals surface area contributed by atoms with E-state index in [2.05, 4.69) is 15.2 Å². The fourth-order valence-electron chi connectivity index (χ4n) is 0.587. The minimum absolute atomic E-state index is 0. The van der Waals surface area contributed by atoms with E-state index >= 15 is 0 Å². The Balaban J connectivity index is 0.000000810. The average Bonchev–Trinajstić information content (AvgIpc) is 2.37. The molecule has 0 spiro atoms. The van der Waals surface area contributed by atoms with Crippen LogP contribution in [0, 0.1) is 0 Å². The first-order valence-electron chi connectivity index (χ1n) is 2.95. The number of nitrogens with two attached hydrogens (primary N) is 1. The van der Waals surface area contributed by atoms with Gasteiger partial charge in [0.25, 0.3) is 0 Å². The molecule has 0 aliphatic carbocycles. The average molecular weight is 163 g/mol. The van der Waals surface area contributed by atoms with Crippen LogP contribution in [-0.4, -0.2) is 15.2 Å². The van der Waals surface area contributed by atoms with Crippen molar-refractivity contribution in [2.75, 3.05) is 0 Å². The van der Waals surface area contributed by atoms with Gasteiger partial charge in [-0.2, -0.15) is 5.10 Å². The summed E-state index contributed by atoms with van der Waals surface area (Å²) in [5, 5.41) is 6.38. The van der Waals surface area contributed by atoms with Crippen LogP contribution in [0.2, 0.25) is 0 Å². The van der Waals surface area contributed by atoms with E-state index in [4.69, 9.17) is 5.73 Å². The fourth-order valence-corrected chi connectivity index (χ4v) is 0.587. The molecule has 0 fully saturated rings. The molecule has 0 saturated carbocycles. The molecule has 1 rings (SSSR count). The molecule has 0 bridgehead atoms. The van der Waals surface area contributed by atoms with Crippen LogP contribution < -0.4 is 5.73 Å². The Kier molecular flexibility index (Phi) is 3.99. The maximum absolute atomic E-state index is 5.60. The normalized spacial score (nSPS) is 12.2. The molecule has 1 heterocycles. The lowest BCUT2D eigenvalue weighted by molar-refractivity contribution is 0.652. The summed E-state index contributed by atoms with van der Waals surface area (Å²) in [6.45, 7) is 2.01. The molecule has 58 valence electrons. The molecular formula is C5H11ClN4. The Hall–Kier alpha value is -0.610. The number of nitrogens with one attached hydrogen (secondary N) is 1. The van der Waals surface area contributed by atoms with Crippen LogP contribution in [0.15, 0.2) is 6.33 Å². The third-order valence-electron chi connectivity index (χ3n) is 1.22. The van der Waals surface area contributed by atoms with Gasteiger partial charge in [0.05, 0.1) is 6.04 Å². The molecule has 1 aromatic rings. The highest BCUT2D eigenvalue weighted by atomic mass is 35.5. The SMILES string of the molecule is CC[C@H](N)c1ncn[nH]1.Cl. The molecule has 0 aromatic carbocycles. The monoisotopic (exact) mass is 162 g/mol. The Labute approximate surface area is 65.6 Å². The van der Waals surface area contributed by atoms with Crippen LogP contribution in [0.4, 0.5) is 0 Å². The van der Waals surface area contributed by atoms with Crippen molar-refractivity contribution in [2.45, 2.75) is 19.4 Å². The lowest BCUT2D eigenvalue weighted by Gasteiger charge is -2.00. The number of aromatic amines is 1. The summed E-state index contributed by atoms with van der Waals surface area (Å²) in [7, 11) is 0. The minimum Gasteiger partial charge on any atom is -0.321 e. The van der Waals surface area contributed by atoms with Crippen LogP contribution in [0.5, 0.6) is 0 Å². The van der Waals surface area contributed by atoms with Gasteiger partial charge in [0.1, 0.15) is 12.2 Å². The molecular weight excluding hydrogens is 152 g/mol. The van der Waals surface area contributed by atoms with E-state index in [1.807, 2.05) is 6.92 Å². The number of hydrogen-bond acceptors (Lipinski definition) is 3. The summed E-state index contributed by atoms with van der Waals surface area (Å²) in [5.74, 6) is 0.762. The highest BCUT2D eigenvalue weighted by Gasteiger charge is 2.03. The van der Waals surface area contributed by atoms with Crippen LogP contribution in [0.3, 0.4) is 0 Å². The summed E-state index contributed by atoms with van der Waals surface area (Å²) < 4.78 is 0. The van der Waals surface area contributed by atoms with Crippen molar-refractivity contribution in [3.05, 3.63) is 12.2 Å². The largest absolute Gasteiger partial charge is 0.321 e. The van der Waals surface area contributed by atoms with Gasteiger partial charge in [-0.1, -0.05) is 6.92 Å². The molecule has 3 N–H and O–H groups in total. The van der Waals surface area contributed by atoms with E-state index < -0.39 is 0 Å². The number of halogens is 1. The molecule has 0 saturated heterocycles. The van der Waals surface area contributed by atoms with Gasteiger partial charge in [-0.3, -0.25) is 5.10 Å². The summed E-state index contributed by atoms with van der Waals surface area (Å²) >= 11 is 0. The first-order valence-corrected chi connectivity index (χ1v) is 2.95. The van der Waals surface area contributed by atoms with Crippen molar-refractivity contribution in [2.24, 2.45) is 5.73 Å². The van der Waals surface area contributed by atoms with Gasteiger partial charge in [0.2, 0.25) is 0 Å². The lowest BCUT2D eigenvalue weighted by atomic mass is 10.2. The molecule has 1 aromatic heterocycles. The van der Waals surface area contributed by atoms with E-state index in [1.165, 1.54) is 6.33 Å². The Morgan fingerprint density at radius 2 is 2.50 bits per heavy atom. The molecule has 4 nitrogen and oxygen atoms in total. The molecule has 0 unspecified atom stereocenters. The number of rotatable bonds is 2. The zero-order chi connectivity index (χ0) is 6.69. The Morgan fingerprint density at radius 1 is 1.80 bits per heavy atom. The van der Waals surface area contributed by atoms with Gasteiger partial charge in [-0.25, -0.2) is 4.98 Å². The summed E-state index contributed by atoms with van der Waals surface area (Å²) in [6, 6.07) is 0.00694. The Morgan fingerprint density at radius 3 is 2.90 bits per heavy atom. The van der Waals surface area contributed by atoms with Crippen LogP contribution >= 0.6 is 12.4 Å². The van der Waals surface area contributed by atoms with E-state index in [9.17, 15) is 0 Å². The second-order valence-corrected chi connectivity index (χ2v) is 1.89. The van der Waals surface area contributed by atoms with E-state index in [0.29, 0.717) is 0 Å². The third kappa shape index (κ3) is 1.97. The van der Waals surface area contributed by atoms with E-state index in [1.54, 1.807) is 0 Å². The molecule has 0 radical (unpaired) electrons. The Bertz CT molecular complexity index is 162. The van der Waals surface area contributed by atoms with Crippen molar-refractivity contribution in [3.63, 3.8) is 0 Å². The summed E-state index contributed by atoms with van der Waals surface area (Å²) in [5.41, 5.74) is 5.60. The smallest absolute Gasteiger partial charge is 0.141 e. The molecule has 0 amide bonds. The van der Waals surface area contributed by atoms with E-state index in [0.717, 1.165) is 12.2 Å². The van der Waals surface area contributed by atoms with Gasteiger partial charge in [0.15, 0.2) is 0 Å². The number of aromatic nitrogens is 3. The zero-order valence-electron chi connectivity index (χ0n) is 5.74. The van der Waals surface area contributed by atoms with Gasteiger partial charge in [0, 0.05) is 0 Å². The highest BCUT2D eigenvalue weighted by molar-refractivity contribution is 5.85. The first kappa shape index (κ1) is 9.39. The van der Waals surface area contributed by atoms with Gasteiger partial charge < -0.3 is 5.73 Å². The van der Waals surface area contributed by atoms with Crippen LogP contribution in [0.25, 0.3) is 0 Å². The van der Waals surface area contributed by atoms with Crippen molar-refractivity contribution < 1.29 is 0 Å². The van der Waals surface area contributed by atoms with Crippen molar-refractivity contribution in [1.29, 1.82) is 0 Å². The summed E-state index contributed by atoms with van der Waals surface area (Å²) in [4.78, 5) is 3.90. The first-order chi connectivity index (χ1) is 4.34. The number of nitrogens with zero attached hydrogens (tertiary/aromatic N) is 2. The predicted molar refractivity (Wildman–Crippen MR) is 40.9 cm³/mol. The fraction of sp³-hybridized carbons (Fsp3) is 0.600. The number of hydrogen-bond donors (Lipinski definition) is 2. The third-order valence-corrected chi connectivity index (χ3v) is 1.22. The van der Waals surface area contributed by atoms with Gasteiger partial charge in [-0.05, 0) is 6.42 Å². The van der Waals surface area contributed by atoms with Crippen LogP contribution in [0.1, 0.15) is 25.2 Å². The quantitative estimate of drug-likeness (QED) is 0.671. The van der Waals surface area contributed by atoms with Gasteiger partial charge >= 0.3 is 0 Å². The van der Waals surface area contributed by atoms with Crippen molar-refractivity contribution in [3.8, 4) is 0 Å². The molecule has 1 atom stereocenters. The van der Waals surface area contributed by atoms with Crippen LogP contribution in [-0.2, 0) is 0 Å². The maximum Gasteiger partial charge on any atom is 0.141 e. The van der Waals surface area contributed by atoms with Gasteiger partial charge in [-0.15, -0.1) is 12.4 Å². The maximum atomic E-state index is 5.60. The minimum atomic E-state index is 0. The molecule has 0 aliphatic rings. The second kappa shape index (κ2) is 4.24. The van der Waals surface area contributed by atoms with E-state index in [-0.39, 0.29) is 18.4 Å². The lowest BCUT2D eigenvalue weighted by Crippen LogP contribution is -2.10. The standard InChI is InChI=1S/C5H10N4.ClH/c1-2-4(6)5-7-3-8-9-5;/h3-4H,2,6H2,1H3,(H,7,8,9);1H/t4-;/m0./s1.